The van der Waals surface area contributed by atoms with E-state index in [1.807, 2.05) is 12.2 Å². The van der Waals surface area contributed by atoms with Crippen LogP contribution in [0.1, 0.15) is 40.0 Å². The Kier molecular flexibility index (Phi) is 5.01. The number of rotatable bonds is 5. The zero-order chi connectivity index (χ0) is 12.1. The van der Waals surface area contributed by atoms with Crippen molar-refractivity contribution in [3.05, 3.63) is 36.0 Å². The Morgan fingerprint density at radius 3 is 2.81 bits per heavy atom. The lowest BCUT2D eigenvalue weighted by Gasteiger charge is -2.23. The average Bonchev–Trinajstić information content (AvgIpc) is 2.23. The van der Waals surface area contributed by atoms with Crippen LogP contribution in [0.3, 0.4) is 0 Å². The third-order valence-corrected chi connectivity index (χ3v) is 3.52. The van der Waals surface area contributed by atoms with Crippen LogP contribution < -0.4 is 0 Å². The summed E-state index contributed by atoms with van der Waals surface area (Å²) in [4.78, 5) is 0. The summed E-state index contributed by atoms with van der Waals surface area (Å²) in [6.07, 6.45) is 9.25. The molecule has 3 atom stereocenters. The van der Waals surface area contributed by atoms with Gasteiger partial charge in [-0.15, -0.1) is 6.58 Å². The molecule has 16 heavy (non-hydrogen) atoms. The van der Waals surface area contributed by atoms with Crippen molar-refractivity contribution in [3.8, 4) is 0 Å². The first-order valence-electron chi connectivity index (χ1n) is 6.22. The predicted octanol–water partition coefficient (Wildman–Crippen LogP) is 3.86. The molecule has 0 saturated carbocycles. The molecule has 0 heterocycles. The number of hydrogen-bond donors (Lipinski definition) is 1. The molecule has 90 valence electrons. The van der Waals surface area contributed by atoms with Gasteiger partial charge < -0.3 is 5.11 Å². The molecule has 0 bridgehead atoms. The Morgan fingerprint density at radius 1 is 1.56 bits per heavy atom. The molecule has 0 aromatic rings. The van der Waals surface area contributed by atoms with Gasteiger partial charge in [0.2, 0.25) is 0 Å². The lowest BCUT2D eigenvalue weighted by atomic mass is 9.86. The molecule has 3 unspecified atom stereocenters. The van der Waals surface area contributed by atoms with E-state index in [0.29, 0.717) is 5.92 Å². The van der Waals surface area contributed by atoms with E-state index in [0.717, 1.165) is 12.8 Å². The summed E-state index contributed by atoms with van der Waals surface area (Å²) in [5, 5.41) is 9.85. The second kappa shape index (κ2) is 6.05. The van der Waals surface area contributed by atoms with E-state index in [-0.39, 0.29) is 12.0 Å². The van der Waals surface area contributed by atoms with Gasteiger partial charge in [-0.05, 0) is 37.7 Å². The number of allylic oxidation sites excluding steroid dienone is 3. The summed E-state index contributed by atoms with van der Waals surface area (Å²) in [6, 6.07) is 0. The fourth-order valence-corrected chi connectivity index (χ4v) is 2.08. The van der Waals surface area contributed by atoms with Gasteiger partial charge >= 0.3 is 0 Å². The molecule has 0 aliphatic heterocycles. The summed E-state index contributed by atoms with van der Waals surface area (Å²) < 4.78 is 0. The summed E-state index contributed by atoms with van der Waals surface area (Å²) in [6.45, 7) is 10.2. The summed E-state index contributed by atoms with van der Waals surface area (Å²) in [7, 11) is 0. The van der Waals surface area contributed by atoms with E-state index >= 15 is 0 Å². The minimum atomic E-state index is -0.297. The van der Waals surface area contributed by atoms with Crippen molar-refractivity contribution in [2.24, 2.45) is 11.8 Å². The van der Waals surface area contributed by atoms with Crippen LogP contribution in [-0.4, -0.2) is 11.2 Å². The summed E-state index contributed by atoms with van der Waals surface area (Å²) in [5.41, 5.74) is 2.58. The highest BCUT2D eigenvalue weighted by Crippen LogP contribution is 2.27. The van der Waals surface area contributed by atoms with Crippen molar-refractivity contribution < 1.29 is 5.11 Å². The zero-order valence-corrected chi connectivity index (χ0v) is 10.7. The fraction of sp³-hybridized carbons (Fsp3) is 0.600. The van der Waals surface area contributed by atoms with E-state index in [4.69, 9.17) is 0 Å². The maximum atomic E-state index is 9.85. The van der Waals surface area contributed by atoms with Gasteiger partial charge in [0.05, 0.1) is 6.10 Å². The fourth-order valence-electron chi connectivity index (χ4n) is 2.08. The van der Waals surface area contributed by atoms with Crippen LogP contribution in [0.5, 0.6) is 0 Å². The maximum Gasteiger partial charge on any atom is 0.0789 e. The molecule has 1 rings (SSSR count). The smallest absolute Gasteiger partial charge is 0.0789 e. The van der Waals surface area contributed by atoms with Crippen LogP contribution in [0.2, 0.25) is 0 Å². The predicted molar refractivity (Wildman–Crippen MR) is 70.2 cm³/mol. The van der Waals surface area contributed by atoms with Gasteiger partial charge in [0.15, 0.2) is 0 Å². The van der Waals surface area contributed by atoms with Crippen molar-refractivity contribution in [1.82, 2.24) is 0 Å². The Morgan fingerprint density at radius 2 is 2.25 bits per heavy atom. The molecule has 1 aliphatic rings. The van der Waals surface area contributed by atoms with Crippen LogP contribution >= 0.6 is 0 Å². The average molecular weight is 220 g/mol. The minimum Gasteiger partial charge on any atom is -0.388 e. The summed E-state index contributed by atoms with van der Waals surface area (Å²) >= 11 is 0. The van der Waals surface area contributed by atoms with Gasteiger partial charge in [-0.3, -0.25) is 0 Å². The number of hydrogen-bond acceptors (Lipinski definition) is 1. The van der Waals surface area contributed by atoms with Crippen LogP contribution in [0.25, 0.3) is 0 Å². The first-order chi connectivity index (χ1) is 7.54. The van der Waals surface area contributed by atoms with E-state index in [9.17, 15) is 5.11 Å². The van der Waals surface area contributed by atoms with Crippen molar-refractivity contribution in [2.75, 3.05) is 0 Å². The van der Waals surface area contributed by atoms with Gasteiger partial charge in [0.25, 0.3) is 0 Å². The number of aliphatic hydroxyl groups excluding tert-OH is 1. The molecule has 1 aliphatic carbocycles. The quantitative estimate of drug-likeness (QED) is 0.697. The second-order valence-corrected chi connectivity index (χ2v) is 5.08. The molecule has 0 spiro atoms. The van der Waals surface area contributed by atoms with Gasteiger partial charge in [0, 0.05) is 5.92 Å². The second-order valence-electron chi connectivity index (χ2n) is 5.08. The van der Waals surface area contributed by atoms with Gasteiger partial charge in [-0.1, -0.05) is 37.6 Å². The summed E-state index contributed by atoms with van der Waals surface area (Å²) in [5.74, 6) is 0.956. The molecule has 1 N–H and O–H groups in total. The molecule has 0 saturated heterocycles. The number of aliphatic hydroxyl groups is 1. The topological polar surface area (TPSA) is 20.2 Å². The molecule has 0 radical (unpaired) electrons. The molecule has 0 aromatic carbocycles. The monoisotopic (exact) mass is 220 g/mol. The standard InChI is InChI=1S/C15H24O/c1-5-6-11(2)7-8-14-9-12(3)13(4)15(16)10-14/h5,9-11,13,15-16H,1,6-8H2,2-4H3. The molecule has 0 fully saturated rings. The van der Waals surface area contributed by atoms with Crippen molar-refractivity contribution in [3.63, 3.8) is 0 Å². The van der Waals surface area contributed by atoms with Crippen molar-refractivity contribution >= 4 is 0 Å². The maximum absolute atomic E-state index is 9.85. The Hall–Kier alpha value is -0.820. The Balaban J connectivity index is 2.49. The SMILES string of the molecule is C=CCC(C)CCC1=CC(O)C(C)C(C)=C1. The van der Waals surface area contributed by atoms with E-state index in [1.54, 1.807) is 0 Å². The van der Waals surface area contributed by atoms with Crippen LogP contribution in [0.4, 0.5) is 0 Å². The highest BCUT2D eigenvalue weighted by atomic mass is 16.3. The third-order valence-electron chi connectivity index (χ3n) is 3.52. The molecule has 0 aromatic heterocycles. The van der Waals surface area contributed by atoms with Crippen molar-refractivity contribution in [2.45, 2.75) is 46.1 Å². The minimum absolute atomic E-state index is 0.273. The van der Waals surface area contributed by atoms with Gasteiger partial charge in [-0.2, -0.15) is 0 Å². The normalized spacial score (nSPS) is 27.0. The lowest BCUT2D eigenvalue weighted by molar-refractivity contribution is 0.176. The Labute approximate surface area is 99.6 Å². The third kappa shape index (κ3) is 3.64. The molecular formula is C15H24O. The molecule has 1 heteroatoms. The first kappa shape index (κ1) is 13.2. The lowest BCUT2D eigenvalue weighted by Crippen LogP contribution is -2.19. The zero-order valence-electron chi connectivity index (χ0n) is 10.7. The van der Waals surface area contributed by atoms with E-state index in [1.165, 1.54) is 17.6 Å². The van der Waals surface area contributed by atoms with Gasteiger partial charge in [-0.25, -0.2) is 0 Å². The van der Waals surface area contributed by atoms with Crippen molar-refractivity contribution in [1.29, 1.82) is 0 Å². The van der Waals surface area contributed by atoms with Crippen LogP contribution in [0, 0.1) is 11.8 Å². The first-order valence-corrected chi connectivity index (χ1v) is 6.22. The molecule has 0 amide bonds. The molecule has 1 nitrogen and oxygen atoms in total. The highest BCUT2D eigenvalue weighted by Gasteiger charge is 2.18. The molecular weight excluding hydrogens is 196 g/mol. The van der Waals surface area contributed by atoms with E-state index < -0.39 is 0 Å². The Bertz CT molecular complexity index is 299. The highest BCUT2D eigenvalue weighted by molar-refractivity contribution is 5.30. The van der Waals surface area contributed by atoms with Crippen LogP contribution in [0.15, 0.2) is 36.0 Å². The van der Waals surface area contributed by atoms with E-state index in [2.05, 4.69) is 33.4 Å². The van der Waals surface area contributed by atoms with Gasteiger partial charge in [0.1, 0.15) is 0 Å². The largest absolute Gasteiger partial charge is 0.388 e. The van der Waals surface area contributed by atoms with Crippen LogP contribution in [-0.2, 0) is 0 Å².